The van der Waals surface area contributed by atoms with Crippen molar-refractivity contribution >= 4 is 32.8 Å². The van der Waals surface area contributed by atoms with Gasteiger partial charge >= 0.3 is 43.3 Å². The second kappa shape index (κ2) is 9.81. The second-order valence-electron chi connectivity index (χ2n) is 6.69. The first-order chi connectivity index (χ1) is 13.7. The average Bonchev–Trinajstić information content (AvgIpc) is 3.10. The molecule has 162 valence electrons. The van der Waals surface area contributed by atoms with Crippen molar-refractivity contribution < 1.29 is 54.2 Å². The van der Waals surface area contributed by atoms with E-state index in [-0.39, 0.29) is 70.0 Å². The molecular weight excluding hydrogens is 657 g/mol. The third-order valence-electron chi connectivity index (χ3n) is 4.83. The summed E-state index contributed by atoms with van der Waals surface area (Å²) in [6, 6.07) is 4.29. The van der Waals surface area contributed by atoms with Crippen LogP contribution in [0.4, 0.5) is 23.1 Å². The number of halogens is 3. The zero-order chi connectivity index (χ0) is 20.6. The normalized spacial score (nSPS) is 15.7. The molecule has 1 aliphatic rings. The van der Waals surface area contributed by atoms with Gasteiger partial charge in [-0.15, -0.1) is 11.3 Å². The predicted octanol–water partition coefficient (Wildman–Crippen LogP) is 3.87. The van der Waals surface area contributed by atoms with E-state index < -0.39 is 23.4 Å². The van der Waals surface area contributed by atoms with Gasteiger partial charge in [-0.05, 0) is 36.7 Å². The molecule has 0 saturated carbocycles. The number of aromatic nitrogens is 3. The number of carbonyl (C=O) groups excluding carboxylic acids is 1. The van der Waals surface area contributed by atoms with Gasteiger partial charge in [0.05, 0.1) is 11.2 Å². The molecule has 2 amide bonds. The Morgan fingerprint density at radius 3 is 2.65 bits per heavy atom. The van der Waals surface area contributed by atoms with Crippen molar-refractivity contribution in [3.63, 3.8) is 0 Å². The van der Waals surface area contributed by atoms with Crippen LogP contribution in [0.1, 0.15) is 24.0 Å². The smallest absolute Gasteiger partial charge is 0.385 e. The molecule has 2 aromatic heterocycles. The fraction of sp³-hybridized carbons (Fsp3) is 0.316. The van der Waals surface area contributed by atoms with Gasteiger partial charge < -0.3 is 27.4 Å². The van der Waals surface area contributed by atoms with Gasteiger partial charge in [0.1, 0.15) is 0 Å². The van der Waals surface area contributed by atoms with Crippen molar-refractivity contribution in [2.45, 2.75) is 24.6 Å². The summed E-state index contributed by atoms with van der Waals surface area (Å²) in [6.45, 7) is 0.380. The first-order valence-corrected chi connectivity index (χ1v) is 9.51. The molecule has 0 aliphatic carbocycles. The Morgan fingerprint density at radius 1 is 1.29 bits per heavy atom. The summed E-state index contributed by atoms with van der Waals surface area (Å²) in [4.78, 5) is 26.5. The van der Waals surface area contributed by atoms with Gasteiger partial charge in [-0.3, -0.25) is 5.32 Å². The standard InChI is InChI=1S/C18H15F3N5O2S.CH3.U/c19-18(20,21)12-3-1-2-11(8-12)17(28)4-6-26(7-5-17)16(27)25-15-24-13-9-22-10-23-14(13)29-15;;/h1-3,8,10,28H,4-7H2,(H,24,25,27);1H3;/q2*-1;+2. The fourth-order valence-corrected chi connectivity index (χ4v) is 3.97. The number of benzene rings is 1. The number of piperidine rings is 1. The maximum Gasteiger partial charge on any atom is 2.00 e. The van der Waals surface area contributed by atoms with Crippen molar-refractivity contribution in [1.29, 1.82) is 0 Å². The number of hydrogen-bond acceptors (Lipinski definition) is 6. The number of amides is 2. The summed E-state index contributed by atoms with van der Waals surface area (Å²) < 4.78 is 38.9. The molecule has 0 atom stereocenters. The Balaban J connectivity index is 0.00000171. The van der Waals surface area contributed by atoms with Crippen LogP contribution in [0.15, 0.2) is 30.6 Å². The zero-order valence-electron chi connectivity index (χ0n) is 16.4. The van der Waals surface area contributed by atoms with Crippen LogP contribution in [0, 0.1) is 44.7 Å². The van der Waals surface area contributed by atoms with E-state index in [1.807, 2.05) is 0 Å². The predicted molar refractivity (Wildman–Crippen MR) is 106 cm³/mol. The van der Waals surface area contributed by atoms with Crippen LogP contribution >= 0.6 is 11.3 Å². The number of thiazole rings is 1. The van der Waals surface area contributed by atoms with Crippen molar-refractivity contribution in [2.75, 3.05) is 18.4 Å². The first-order valence-electron chi connectivity index (χ1n) is 8.70. The second-order valence-corrected chi connectivity index (χ2v) is 7.66. The van der Waals surface area contributed by atoms with Gasteiger partial charge in [0, 0.05) is 29.8 Å². The first kappa shape index (κ1) is 25.5. The summed E-state index contributed by atoms with van der Waals surface area (Å²) in [5, 5.41) is 13.9. The molecule has 12 heteroatoms. The van der Waals surface area contributed by atoms with Gasteiger partial charge in [-0.2, -0.15) is 13.2 Å². The maximum absolute atomic E-state index is 13.0. The molecular formula is C19H18F3N5O2SU. The minimum absolute atomic E-state index is 0. The molecule has 0 unspecified atom stereocenters. The minimum atomic E-state index is -4.48. The Labute approximate surface area is 204 Å². The third kappa shape index (κ3) is 5.55. The SMILES string of the molecule is O=C(Nc1nc2[c-]ncnc2s1)N1CCC(O)(c2cccc(C(F)(F)F)c2)CC1.[CH3-].[U+2]. The summed E-state index contributed by atoms with van der Waals surface area (Å²) in [5.41, 5.74) is -1.57. The van der Waals surface area contributed by atoms with E-state index in [9.17, 15) is 23.1 Å². The van der Waals surface area contributed by atoms with Crippen LogP contribution in [0.2, 0.25) is 0 Å². The van der Waals surface area contributed by atoms with Crippen LogP contribution in [0.5, 0.6) is 0 Å². The van der Waals surface area contributed by atoms with E-state index in [2.05, 4.69) is 26.5 Å². The Kier molecular flexibility index (Phi) is 8.08. The number of nitrogens with zero attached hydrogens (tertiary/aromatic N) is 4. The molecule has 1 aromatic carbocycles. The van der Waals surface area contributed by atoms with Gasteiger partial charge in [0.15, 0.2) is 5.13 Å². The molecule has 0 bridgehead atoms. The van der Waals surface area contributed by atoms with Crippen LogP contribution in [0.25, 0.3) is 10.3 Å². The van der Waals surface area contributed by atoms with E-state index >= 15 is 0 Å². The molecule has 0 radical (unpaired) electrons. The maximum atomic E-state index is 13.0. The third-order valence-corrected chi connectivity index (χ3v) is 5.71. The van der Waals surface area contributed by atoms with E-state index in [1.165, 1.54) is 34.7 Å². The number of nitrogens with one attached hydrogen (secondary N) is 1. The number of likely N-dealkylation sites (tertiary alicyclic amines) is 1. The van der Waals surface area contributed by atoms with Crippen molar-refractivity contribution in [3.05, 3.63) is 55.3 Å². The molecule has 0 spiro atoms. The summed E-state index contributed by atoms with van der Waals surface area (Å²) in [6.07, 6.45) is -0.213. The van der Waals surface area contributed by atoms with Gasteiger partial charge in [-0.25, -0.2) is 9.78 Å². The zero-order valence-corrected chi connectivity index (χ0v) is 21.4. The molecule has 2 N–H and O–H groups in total. The molecule has 3 aromatic rings. The number of hydrogen-bond donors (Lipinski definition) is 2. The van der Waals surface area contributed by atoms with E-state index in [1.54, 1.807) is 0 Å². The monoisotopic (exact) mass is 675 g/mol. The number of anilines is 1. The number of rotatable bonds is 2. The van der Waals surface area contributed by atoms with Crippen LogP contribution < -0.4 is 5.32 Å². The Bertz CT molecular complexity index is 1020. The molecule has 1 saturated heterocycles. The number of carbonyl (C=O) groups is 1. The van der Waals surface area contributed by atoms with Crippen LogP contribution in [-0.2, 0) is 11.8 Å². The summed E-state index contributed by atoms with van der Waals surface area (Å²) in [5.74, 6) is 0. The quantitative estimate of drug-likeness (QED) is 0.403. The number of fused-ring (bicyclic) bond motifs is 1. The number of aliphatic hydroxyl groups is 1. The number of alkyl halides is 3. The molecule has 3 heterocycles. The molecule has 1 fully saturated rings. The van der Waals surface area contributed by atoms with E-state index in [0.29, 0.717) is 15.5 Å². The van der Waals surface area contributed by atoms with Crippen LogP contribution in [-0.4, -0.2) is 44.1 Å². The average molecular weight is 675 g/mol. The van der Waals surface area contributed by atoms with Gasteiger partial charge in [0.25, 0.3) is 0 Å². The minimum Gasteiger partial charge on any atom is -0.385 e. The van der Waals surface area contributed by atoms with Gasteiger partial charge in [-0.1, -0.05) is 12.1 Å². The molecule has 31 heavy (non-hydrogen) atoms. The summed E-state index contributed by atoms with van der Waals surface area (Å²) in [7, 11) is 0. The Hall–Kier alpha value is -1.74. The van der Waals surface area contributed by atoms with Crippen molar-refractivity contribution in [3.8, 4) is 0 Å². The molecule has 1 aliphatic heterocycles. The fourth-order valence-electron chi connectivity index (χ4n) is 3.22. The van der Waals surface area contributed by atoms with Gasteiger partial charge in [0.2, 0.25) is 0 Å². The van der Waals surface area contributed by atoms with E-state index in [0.717, 1.165) is 12.1 Å². The topological polar surface area (TPSA) is 91.2 Å². The molecule has 7 nitrogen and oxygen atoms in total. The largest absolute Gasteiger partial charge is 2.00 e. The van der Waals surface area contributed by atoms with E-state index in [4.69, 9.17) is 0 Å². The van der Waals surface area contributed by atoms with Crippen molar-refractivity contribution in [2.24, 2.45) is 0 Å². The van der Waals surface area contributed by atoms with Crippen LogP contribution in [0.3, 0.4) is 0 Å². The summed E-state index contributed by atoms with van der Waals surface area (Å²) >= 11 is 1.18. The Morgan fingerprint density at radius 2 is 2.00 bits per heavy atom. The molecule has 4 rings (SSSR count). The number of urea groups is 1. The van der Waals surface area contributed by atoms with Crippen molar-refractivity contribution in [1.82, 2.24) is 19.9 Å².